The molecule has 3 saturated carbocycles. The Labute approximate surface area is 182 Å². The second-order valence-corrected chi connectivity index (χ2v) is 10.5. The van der Waals surface area contributed by atoms with Gasteiger partial charge in [-0.25, -0.2) is 14.5 Å². The van der Waals surface area contributed by atoms with Crippen molar-refractivity contribution in [2.75, 3.05) is 26.2 Å². The van der Waals surface area contributed by atoms with Gasteiger partial charge in [0.15, 0.2) is 5.82 Å². The molecule has 2 aromatic rings. The molecular formula is C24H29N5O2. The molecule has 2 aliphatic heterocycles. The quantitative estimate of drug-likeness (QED) is 0.744. The van der Waals surface area contributed by atoms with Gasteiger partial charge in [0.05, 0.1) is 19.1 Å². The zero-order valence-electron chi connectivity index (χ0n) is 17.8. The van der Waals surface area contributed by atoms with Crippen LogP contribution in [0.5, 0.6) is 5.75 Å². The van der Waals surface area contributed by atoms with E-state index in [2.05, 4.69) is 39.0 Å². The topological polar surface area (TPSA) is 63.5 Å². The summed E-state index contributed by atoms with van der Waals surface area (Å²) in [5.41, 5.74) is 1.74. The molecule has 2 saturated heterocycles. The third-order valence-electron chi connectivity index (χ3n) is 7.85. The third kappa shape index (κ3) is 3.20. The van der Waals surface area contributed by atoms with E-state index in [4.69, 9.17) is 4.74 Å². The first kappa shape index (κ1) is 18.0. The summed E-state index contributed by atoms with van der Waals surface area (Å²) in [5, 5.41) is 4.68. The molecule has 7 rings (SSSR count). The molecule has 7 nitrogen and oxygen atoms in total. The van der Waals surface area contributed by atoms with Gasteiger partial charge in [0, 0.05) is 24.4 Å². The highest BCUT2D eigenvalue weighted by Crippen LogP contribution is 2.54. The van der Waals surface area contributed by atoms with E-state index in [0.29, 0.717) is 30.5 Å². The number of amides is 2. The van der Waals surface area contributed by atoms with Gasteiger partial charge in [0.2, 0.25) is 0 Å². The lowest BCUT2D eigenvalue weighted by Crippen LogP contribution is -2.69. The summed E-state index contributed by atoms with van der Waals surface area (Å²) in [6.07, 6.45) is 9.38. The summed E-state index contributed by atoms with van der Waals surface area (Å²) in [4.78, 5) is 21.2. The molecule has 5 aliphatic rings. The predicted molar refractivity (Wildman–Crippen MR) is 114 cm³/mol. The lowest BCUT2D eigenvalue weighted by Gasteiger charge is -2.59. The number of urea groups is 1. The number of aromatic nitrogens is 3. The van der Waals surface area contributed by atoms with Crippen LogP contribution in [0, 0.1) is 5.41 Å². The lowest BCUT2D eigenvalue weighted by atomic mass is 9.61. The van der Waals surface area contributed by atoms with E-state index < -0.39 is 0 Å². The largest absolute Gasteiger partial charge is 0.487 e. The number of rotatable bonds is 5. The molecule has 0 atom stereocenters. The van der Waals surface area contributed by atoms with Crippen LogP contribution in [-0.2, 0) is 0 Å². The molecule has 3 heterocycles. The van der Waals surface area contributed by atoms with Gasteiger partial charge in [-0.1, -0.05) is 12.1 Å². The van der Waals surface area contributed by atoms with Crippen molar-refractivity contribution in [2.24, 2.45) is 5.41 Å². The Morgan fingerprint density at radius 3 is 2.35 bits per heavy atom. The molecule has 2 amide bonds. The van der Waals surface area contributed by atoms with Crippen LogP contribution in [0.4, 0.5) is 4.79 Å². The summed E-state index contributed by atoms with van der Waals surface area (Å²) < 4.78 is 8.12. The van der Waals surface area contributed by atoms with E-state index in [1.165, 1.54) is 31.2 Å². The van der Waals surface area contributed by atoms with Crippen LogP contribution >= 0.6 is 0 Å². The van der Waals surface area contributed by atoms with E-state index in [-0.39, 0.29) is 12.1 Å². The van der Waals surface area contributed by atoms with Crippen molar-refractivity contribution < 1.29 is 9.53 Å². The van der Waals surface area contributed by atoms with Crippen LogP contribution in [0.2, 0.25) is 0 Å². The van der Waals surface area contributed by atoms with E-state index in [1.54, 1.807) is 0 Å². The SMILES string of the molecule is O=C(N1CC(Oc2ccc(C3CC3)cc2)C1)N1CC2(CC(n3cnc(C4CC4)n3)C2)C1. The van der Waals surface area contributed by atoms with E-state index in [0.717, 1.165) is 43.4 Å². The van der Waals surface area contributed by atoms with Crippen molar-refractivity contribution in [2.45, 2.75) is 62.5 Å². The zero-order valence-corrected chi connectivity index (χ0v) is 17.8. The average Bonchev–Trinajstić information content (AvgIpc) is 3.61. The minimum Gasteiger partial charge on any atom is -0.487 e. The molecule has 0 unspecified atom stereocenters. The fourth-order valence-corrected chi connectivity index (χ4v) is 5.57. The fraction of sp³-hybridized carbons (Fsp3) is 0.625. The summed E-state index contributed by atoms with van der Waals surface area (Å²) >= 11 is 0. The number of carbonyl (C=O) groups excluding carboxylic acids is 1. The Hall–Kier alpha value is -2.57. The van der Waals surface area contributed by atoms with Crippen LogP contribution in [0.25, 0.3) is 0 Å². The maximum atomic E-state index is 12.8. The number of benzene rings is 1. The van der Waals surface area contributed by atoms with Gasteiger partial charge in [-0.3, -0.25) is 0 Å². The molecule has 5 fully saturated rings. The number of carbonyl (C=O) groups is 1. The molecule has 0 bridgehead atoms. The first-order valence-corrected chi connectivity index (χ1v) is 11.9. The summed E-state index contributed by atoms with van der Waals surface area (Å²) in [6, 6.07) is 9.17. The van der Waals surface area contributed by atoms with Crippen molar-refractivity contribution in [3.05, 3.63) is 42.0 Å². The smallest absolute Gasteiger partial charge is 0.320 e. The Morgan fingerprint density at radius 1 is 0.968 bits per heavy atom. The molecular weight excluding hydrogens is 390 g/mol. The van der Waals surface area contributed by atoms with Crippen molar-refractivity contribution in [3.63, 3.8) is 0 Å². The number of ether oxygens (including phenoxy) is 1. The number of nitrogens with zero attached hydrogens (tertiary/aromatic N) is 5. The lowest BCUT2D eigenvalue weighted by molar-refractivity contribution is -0.0816. The zero-order chi connectivity index (χ0) is 20.6. The predicted octanol–water partition coefficient (Wildman–Crippen LogP) is 3.55. The minimum atomic E-state index is 0.118. The van der Waals surface area contributed by atoms with Gasteiger partial charge in [-0.2, -0.15) is 5.10 Å². The maximum absolute atomic E-state index is 12.8. The number of likely N-dealkylation sites (tertiary alicyclic amines) is 2. The van der Waals surface area contributed by atoms with E-state index in [1.807, 2.05) is 16.1 Å². The van der Waals surface area contributed by atoms with Crippen molar-refractivity contribution in [1.29, 1.82) is 0 Å². The van der Waals surface area contributed by atoms with Gasteiger partial charge in [0.25, 0.3) is 0 Å². The van der Waals surface area contributed by atoms with E-state index in [9.17, 15) is 4.79 Å². The molecule has 1 spiro atoms. The molecule has 0 N–H and O–H groups in total. The first-order valence-electron chi connectivity index (χ1n) is 11.9. The van der Waals surface area contributed by atoms with Crippen molar-refractivity contribution >= 4 is 6.03 Å². The van der Waals surface area contributed by atoms with Gasteiger partial charge in [0.1, 0.15) is 18.2 Å². The standard InChI is InChI=1S/C24H29N5O2/c30-23(27-11-21(12-27)31-20-7-5-17(6-8-20)16-1-2-16)28-13-24(14-28)9-19(10-24)29-15-25-22(26-29)18-3-4-18/h5-8,15-16,18-19,21H,1-4,9-14H2. The molecule has 31 heavy (non-hydrogen) atoms. The Morgan fingerprint density at radius 2 is 1.68 bits per heavy atom. The molecule has 7 heteroatoms. The highest BCUT2D eigenvalue weighted by molar-refractivity contribution is 5.76. The fourth-order valence-electron chi connectivity index (χ4n) is 5.57. The first-order chi connectivity index (χ1) is 15.1. The number of hydrogen-bond acceptors (Lipinski definition) is 4. The highest BCUT2D eigenvalue weighted by Gasteiger charge is 2.55. The Balaban J connectivity index is 0.861. The monoisotopic (exact) mass is 419 g/mol. The van der Waals surface area contributed by atoms with Crippen molar-refractivity contribution in [3.8, 4) is 5.75 Å². The van der Waals surface area contributed by atoms with Crippen LogP contribution in [0.15, 0.2) is 30.6 Å². The van der Waals surface area contributed by atoms with Gasteiger partial charge >= 0.3 is 6.03 Å². The molecule has 0 radical (unpaired) electrons. The Bertz CT molecular complexity index is 989. The van der Waals surface area contributed by atoms with Crippen LogP contribution in [0.1, 0.15) is 67.8 Å². The third-order valence-corrected chi connectivity index (χ3v) is 7.85. The van der Waals surface area contributed by atoms with Gasteiger partial charge < -0.3 is 14.5 Å². The summed E-state index contributed by atoms with van der Waals surface area (Å²) in [6.45, 7) is 3.16. The van der Waals surface area contributed by atoms with Gasteiger partial charge in [-0.15, -0.1) is 0 Å². The Kier molecular flexibility index (Phi) is 3.76. The normalized spacial score (nSPS) is 25.2. The molecule has 1 aromatic heterocycles. The second kappa shape index (κ2) is 6.47. The summed E-state index contributed by atoms with van der Waals surface area (Å²) in [7, 11) is 0. The molecule has 1 aromatic carbocycles. The number of hydrogen-bond donors (Lipinski definition) is 0. The van der Waals surface area contributed by atoms with Crippen LogP contribution in [0.3, 0.4) is 0 Å². The van der Waals surface area contributed by atoms with Crippen LogP contribution in [-0.4, -0.2) is 62.9 Å². The summed E-state index contributed by atoms with van der Waals surface area (Å²) in [5.74, 6) is 3.33. The van der Waals surface area contributed by atoms with Crippen LogP contribution < -0.4 is 4.74 Å². The maximum Gasteiger partial charge on any atom is 0.320 e. The van der Waals surface area contributed by atoms with Crippen molar-refractivity contribution in [1.82, 2.24) is 24.6 Å². The molecule has 3 aliphatic carbocycles. The van der Waals surface area contributed by atoms with E-state index >= 15 is 0 Å². The average molecular weight is 420 g/mol. The minimum absolute atomic E-state index is 0.118. The highest BCUT2D eigenvalue weighted by atomic mass is 16.5. The van der Waals surface area contributed by atoms with Gasteiger partial charge in [-0.05, 0) is 62.1 Å². The molecule has 162 valence electrons. The second-order valence-electron chi connectivity index (χ2n) is 10.5.